The average Bonchev–Trinajstić information content (AvgIpc) is 2.67. The van der Waals surface area contributed by atoms with Crippen molar-refractivity contribution in [1.82, 2.24) is 14.8 Å². The minimum atomic E-state index is -0.522. The molecule has 0 spiro atoms. The molecule has 4 N–H and O–H groups in total. The molecule has 0 aliphatic rings. The molecule has 19 heavy (non-hydrogen) atoms. The molecule has 2 aromatic heterocycles. The molecular weight excluding hydrogens is 250 g/mol. The summed E-state index contributed by atoms with van der Waals surface area (Å²) in [5.74, 6) is 6.12. The molecule has 2 aromatic rings. The Morgan fingerprint density at radius 2 is 2.16 bits per heavy atom. The van der Waals surface area contributed by atoms with Crippen molar-refractivity contribution in [1.29, 1.82) is 0 Å². The summed E-state index contributed by atoms with van der Waals surface area (Å²) in [6, 6.07) is 4.50. The van der Waals surface area contributed by atoms with Gasteiger partial charge in [-0.05, 0) is 13.0 Å². The van der Waals surface area contributed by atoms with Crippen LogP contribution in [0.3, 0.4) is 0 Å². The van der Waals surface area contributed by atoms with Gasteiger partial charge in [0.2, 0.25) is 5.82 Å². The minimum absolute atomic E-state index is 0.0820. The first kappa shape index (κ1) is 12.8. The van der Waals surface area contributed by atoms with E-state index in [2.05, 4.69) is 20.8 Å². The van der Waals surface area contributed by atoms with Gasteiger partial charge < -0.3 is 10.7 Å². The highest BCUT2D eigenvalue weighted by molar-refractivity contribution is 5.65. The summed E-state index contributed by atoms with van der Waals surface area (Å²) in [4.78, 5) is 14.4. The standard InChI is InChI=1S/C10H13N7O2/c1-6-5-9(15-16(6)2)13-10-7(17(18)19)3-4-8(12-10)14-11/h3-5H,11H2,1-2H3,(H2,12,13,14,15). The lowest BCUT2D eigenvalue weighted by Gasteiger charge is -2.05. The molecule has 0 saturated heterocycles. The molecule has 0 unspecified atom stereocenters. The molecule has 9 nitrogen and oxygen atoms in total. The summed E-state index contributed by atoms with van der Waals surface area (Å²) >= 11 is 0. The number of anilines is 3. The van der Waals surface area contributed by atoms with E-state index < -0.39 is 4.92 Å². The first-order chi connectivity index (χ1) is 9.01. The van der Waals surface area contributed by atoms with Crippen LogP contribution < -0.4 is 16.6 Å². The Bertz CT molecular complexity index is 603. The maximum atomic E-state index is 10.9. The molecule has 0 fully saturated rings. The predicted octanol–water partition coefficient (Wildman–Crippen LogP) is 1.06. The van der Waals surface area contributed by atoms with Crippen LogP contribution >= 0.6 is 0 Å². The minimum Gasteiger partial charge on any atom is -0.318 e. The molecule has 0 aliphatic heterocycles. The van der Waals surface area contributed by atoms with E-state index in [0.717, 1.165) is 5.69 Å². The SMILES string of the molecule is Cc1cc(Nc2nc(NN)ccc2[N+](=O)[O-])nn1C. The van der Waals surface area contributed by atoms with Gasteiger partial charge in [0.1, 0.15) is 5.82 Å². The molecule has 0 aliphatic carbocycles. The number of pyridine rings is 1. The number of nitro groups is 1. The third-order valence-corrected chi connectivity index (χ3v) is 2.58. The largest absolute Gasteiger partial charge is 0.318 e. The smallest absolute Gasteiger partial charge is 0.311 e. The van der Waals surface area contributed by atoms with Gasteiger partial charge in [-0.25, -0.2) is 10.8 Å². The Kier molecular flexibility index (Phi) is 3.29. The van der Waals surface area contributed by atoms with Gasteiger partial charge in [-0.1, -0.05) is 0 Å². The fraction of sp³-hybridized carbons (Fsp3) is 0.200. The van der Waals surface area contributed by atoms with Crippen LogP contribution in [0.2, 0.25) is 0 Å². The molecule has 0 saturated carbocycles. The van der Waals surface area contributed by atoms with Gasteiger partial charge in [0, 0.05) is 24.9 Å². The number of nitrogens with one attached hydrogen (secondary N) is 2. The first-order valence-corrected chi connectivity index (χ1v) is 5.41. The van der Waals surface area contributed by atoms with Gasteiger partial charge in [-0.15, -0.1) is 0 Å². The lowest BCUT2D eigenvalue weighted by atomic mass is 10.3. The van der Waals surface area contributed by atoms with Crippen molar-refractivity contribution in [3.8, 4) is 0 Å². The van der Waals surface area contributed by atoms with E-state index in [0.29, 0.717) is 11.6 Å². The van der Waals surface area contributed by atoms with E-state index in [1.807, 2.05) is 6.92 Å². The highest BCUT2D eigenvalue weighted by atomic mass is 16.6. The molecule has 0 atom stereocenters. The van der Waals surface area contributed by atoms with E-state index in [9.17, 15) is 10.1 Å². The topological polar surface area (TPSA) is 124 Å². The van der Waals surface area contributed by atoms with Crippen molar-refractivity contribution in [3.63, 3.8) is 0 Å². The van der Waals surface area contributed by atoms with Crippen LogP contribution in [0.15, 0.2) is 18.2 Å². The second-order valence-electron chi connectivity index (χ2n) is 3.89. The van der Waals surface area contributed by atoms with Crippen molar-refractivity contribution >= 4 is 23.1 Å². The van der Waals surface area contributed by atoms with Gasteiger partial charge in [0.05, 0.1) is 4.92 Å². The third-order valence-electron chi connectivity index (χ3n) is 2.58. The average molecular weight is 263 g/mol. The number of aromatic nitrogens is 3. The van der Waals surface area contributed by atoms with Crippen molar-refractivity contribution in [2.24, 2.45) is 12.9 Å². The summed E-state index contributed by atoms with van der Waals surface area (Å²) in [6.45, 7) is 1.87. The van der Waals surface area contributed by atoms with Crippen molar-refractivity contribution in [3.05, 3.63) is 34.0 Å². The maximum Gasteiger partial charge on any atom is 0.311 e. The fourth-order valence-electron chi connectivity index (χ4n) is 1.51. The van der Waals surface area contributed by atoms with Crippen LogP contribution in [-0.4, -0.2) is 19.7 Å². The van der Waals surface area contributed by atoms with Crippen molar-refractivity contribution in [2.75, 3.05) is 10.7 Å². The zero-order valence-corrected chi connectivity index (χ0v) is 10.4. The second kappa shape index (κ2) is 4.90. The van der Waals surface area contributed by atoms with Crippen LogP contribution in [0.5, 0.6) is 0 Å². The van der Waals surface area contributed by atoms with Gasteiger partial charge >= 0.3 is 5.69 Å². The Morgan fingerprint density at radius 3 is 2.68 bits per heavy atom. The summed E-state index contributed by atoms with van der Waals surface area (Å²) in [6.07, 6.45) is 0. The summed E-state index contributed by atoms with van der Waals surface area (Å²) in [5, 5.41) is 17.9. The highest BCUT2D eigenvalue weighted by Crippen LogP contribution is 2.26. The van der Waals surface area contributed by atoms with Crippen LogP contribution in [0.1, 0.15) is 5.69 Å². The van der Waals surface area contributed by atoms with Crippen molar-refractivity contribution < 1.29 is 4.92 Å². The molecule has 0 bridgehead atoms. The molecule has 0 radical (unpaired) electrons. The van der Waals surface area contributed by atoms with Crippen LogP contribution in [0.4, 0.5) is 23.1 Å². The molecule has 2 rings (SSSR count). The van der Waals surface area contributed by atoms with E-state index >= 15 is 0 Å². The Morgan fingerprint density at radius 1 is 1.42 bits per heavy atom. The van der Waals surface area contributed by atoms with Gasteiger partial charge in [0.15, 0.2) is 5.82 Å². The zero-order valence-electron chi connectivity index (χ0n) is 10.4. The van der Waals surface area contributed by atoms with Gasteiger partial charge in [-0.2, -0.15) is 5.10 Å². The fourth-order valence-corrected chi connectivity index (χ4v) is 1.51. The maximum absolute atomic E-state index is 10.9. The number of hydrogen-bond acceptors (Lipinski definition) is 7. The molecule has 100 valence electrons. The quantitative estimate of drug-likeness (QED) is 0.428. The highest BCUT2D eigenvalue weighted by Gasteiger charge is 2.17. The van der Waals surface area contributed by atoms with Crippen molar-refractivity contribution in [2.45, 2.75) is 6.92 Å². The third kappa shape index (κ3) is 2.60. The van der Waals surface area contributed by atoms with E-state index in [1.165, 1.54) is 12.1 Å². The monoisotopic (exact) mass is 263 g/mol. The first-order valence-electron chi connectivity index (χ1n) is 5.41. The predicted molar refractivity (Wildman–Crippen MR) is 69.9 cm³/mol. The Balaban J connectivity index is 2.39. The lowest BCUT2D eigenvalue weighted by molar-refractivity contribution is -0.384. The number of hydrazine groups is 1. The van der Waals surface area contributed by atoms with E-state index in [4.69, 9.17) is 5.84 Å². The summed E-state index contributed by atoms with van der Waals surface area (Å²) in [7, 11) is 1.78. The number of hydrogen-bond donors (Lipinski definition) is 3. The van der Waals surface area contributed by atoms with Crippen LogP contribution in [0.25, 0.3) is 0 Å². The van der Waals surface area contributed by atoms with E-state index in [-0.39, 0.29) is 11.5 Å². The number of rotatable bonds is 4. The lowest BCUT2D eigenvalue weighted by Crippen LogP contribution is -2.10. The van der Waals surface area contributed by atoms with Crippen LogP contribution in [-0.2, 0) is 7.05 Å². The molecule has 2 heterocycles. The number of aryl methyl sites for hydroxylation is 2. The summed E-state index contributed by atoms with van der Waals surface area (Å²) < 4.78 is 1.65. The van der Waals surface area contributed by atoms with E-state index in [1.54, 1.807) is 17.8 Å². The number of nitrogens with zero attached hydrogens (tertiary/aromatic N) is 4. The number of nitrogen functional groups attached to an aromatic ring is 1. The van der Waals surface area contributed by atoms with Crippen LogP contribution in [0, 0.1) is 17.0 Å². The zero-order chi connectivity index (χ0) is 14.0. The summed E-state index contributed by atoms with van der Waals surface area (Å²) in [5.41, 5.74) is 3.10. The second-order valence-corrected chi connectivity index (χ2v) is 3.89. The van der Waals surface area contributed by atoms with Gasteiger partial charge in [-0.3, -0.25) is 14.8 Å². The molecule has 0 amide bonds. The molecule has 0 aromatic carbocycles. The molecule has 9 heteroatoms. The normalized spacial score (nSPS) is 10.3. The van der Waals surface area contributed by atoms with Gasteiger partial charge in [0.25, 0.3) is 0 Å². The Hall–Kier alpha value is -2.68. The Labute approximate surface area is 108 Å². The number of nitrogens with two attached hydrogens (primary N) is 1. The molecular formula is C10H13N7O2.